The number of rotatable bonds is 8. The lowest BCUT2D eigenvalue weighted by Crippen LogP contribution is -2.29. The molecule has 0 unspecified atom stereocenters. The third-order valence-electron chi connectivity index (χ3n) is 6.65. The van der Waals surface area contributed by atoms with Crippen molar-refractivity contribution < 1.29 is 57.2 Å². The maximum Gasteiger partial charge on any atom is 0.310 e. The van der Waals surface area contributed by atoms with Crippen molar-refractivity contribution in [1.82, 2.24) is 30.6 Å². The Morgan fingerprint density at radius 1 is 0.596 bits per heavy atom. The average Bonchev–Trinajstić information content (AvgIpc) is 2.93. The van der Waals surface area contributed by atoms with E-state index in [-0.39, 0.29) is 47.3 Å². The second-order valence-corrected chi connectivity index (χ2v) is 15.9. The zero-order chi connectivity index (χ0) is 40.0. The molecule has 2 amide bonds. The second kappa shape index (κ2) is 12.3. The van der Waals surface area contributed by atoms with Crippen LogP contribution in [0.4, 0.5) is 47.6 Å². The van der Waals surface area contributed by atoms with Gasteiger partial charge in [0.05, 0.1) is 12.1 Å². The highest BCUT2D eigenvalue weighted by Gasteiger charge is 2.66. The Hall–Kier alpha value is -5.00. The van der Waals surface area contributed by atoms with Crippen molar-refractivity contribution >= 4 is 32.3 Å². The predicted octanol–water partition coefficient (Wildman–Crippen LogP) is 8.73. The molecule has 4 rings (SSSR count). The second-order valence-electron chi connectivity index (χ2n) is 11.1. The van der Waals surface area contributed by atoms with Crippen LogP contribution in [0.2, 0.25) is 0 Å². The number of benzene rings is 2. The maximum atomic E-state index is 13.9. The summed E-state index contributed by atoms with van der Waals surface area (Å²) in [6, 6.07) is -0.0620. The number of aromatic nitrogens is 4. The molecule has 0 radical (unpaired) electrons. The van der Waals surface area contributed by atoms with Crippen molar-refractivity contribution in [2.75, 3.05) is 0 Å². The largest absolute Gasteiger partial charge is 0.344 e. The van der Waals surface area contributed by atoms with Crippen molar-refractivity contribution in [2.45, 2.75) is 49.6 Å². The smallest absolute Gasteiger partial charge is 0.310 e. The van der Waals surface area contributed by atoms with Crippen LogP contribution >= 0.6 is 20.4 Å². The van der Waals surface area contributed by atoms with Gasteiger partial charge in [0, 0.05) is 23.3 Å². The summed E-state index contributed by atoms with van der Waals surface area (Å²) in [5, 5.41) is 4.46. The van der Waals surface area contributed by atoms with Crippen LogP contribution in [0.15, 0.2) is 67.9 Å². The van der Waals surface area contributed by atoms with Gasteiger partial charge in [-0.05, 0) is 52.0 Å². The fraction of sp³-hybridized carbons (Fsp3) is 0.214. The molecular weight excluding hydrogens is 776 g/mol. The molecule has 52 heavy (non-hydrogen) atoms. The summed E-state index contributed by atoms with van der Waals surface area (Å²) >= 11 is 0. The summed E-state index contributed by atoms with van der Waals surface area (Å²) in [4.78, 5) is 54.1. The lowest BCUT2D eigenvalue weighted by molar-refractivity contribution is 0.0925. The number of aryl methyl sites for hydroxylation is 2. The third kappa shape index (κ3) is 11.0. The minimum absolute atomic E-state index is 0.0538. The van der Waals surface area contributed by atoms with Crippen LogP contribution < -0.4 is 21.8 Å². The van der Waals surface area contributed by atoms with Gasteiger partial charge in [0.15, 0.2) is 0 Å². The highest BCUT2D eigenvalue weighted by molar-refractivity contribution is 8.46. The number of aromatic amines is 2. The zero-order valence-corrected chi connectivity index (χ0v) is 28.3. The fourth-order valence-electron chi connectivity index (χ4n) is 4.29. The van der Waals surface area contributed by atoms with Crippen LogP contribution in [0.5, 0.6) is 0 Å². The number of hydrogen-bond acceptors (Lipinski definition) is 6. The van der Waals surface area contributed by atoms with E-state index in [9.17, 15) is 66.8 Å². The van der Waals surface area contributed by atoms with Gasteiger partial charge in [0.2, 0.25) is 0 Å². The predicted molar refractivity (Wildman–Crippen MR) is 167 cm³/mol. The molecule has 4 aromatic rings. The molecule has 0 aliphatic carbocycles. The Morgan fingerprint density at radius 3 is 1.15 bits per heavy atom. The van der Waals surface area contributed by atoms with Gasteiger partial charge in [-0.25, -0.2) is 18.7 Å². The van der Waals surface area contributed by atoms with Crippen LogP contribution in [0.25, 0.3) is 0 Å². The van der Waals surface area contributed by atoms with E-state index in [0.29, 0.717) is 12.1 Å². The Morgan fingerprint density at radius 2 is 0.904 bits per heavy atom. The van der Waals surface area contributed by atoms with Gasteiger partial charge in [0.25, 0.3) is 22.9 Å². The summed E-state index contributed by atoms with van der Waals surface area (Å²) in [7, 11) is -20.0. The van der Waals surface area contributed by atoms with Gasteiger partial charge in [0.1, 0.15) is 44.5 Å². The number of carbonyl (C=O) groups excluding carboxylic acids is 2. The highest BCUT2D eigenvalue weighted by Crippen LogP contribution is 3.02. The molecule has 24 heteroatoms. The normalized spacial score (nSPS) is 15.7. The minimum Gasteiger partial charge on any atom is -0.344 e. The molecular formula is C28H26F12N6O4S2. The summed E-state index contributed by atoms with van der Waals surface area (Å²) in [5.74, 6) is -4.61. The molecule has 0 fully saturated rings. The van der Waals surface area contributed by atoms with Crippen molar-refractivity contribution in [3.8, 4) is 0 Å². The molecule has 10 nitrogen and oxygen atoms in total. The Balaban J connectivity index is 0.000000280. The summed E-state index contributed by atoms with van der Waals surface area (Å²) in [6.07, 6.45) is 0. The van der Waals surface area contributed by atoms with E-state index in [1.54, 1.807) is 0 Å². The Bertz CT molecular complexity index is 2040. The highest BCUT2D eigenvalue weighted by atomic mass is 32.5. The number of carbonyl (C=O) groups is 2. The summed E-state index contributed by atoms with van der Waals surface area (Å²) < 4.78 is 155. The van der Waals surface area contributed by atoms with Crippen molar-refractivity contribution in [1.29, 1.82) is 0 Å². The molecule has 0 bridgehead atoms. The van der Waals surface area contributed by atoms with Crippen LogP contribution in [0, 0.1) is 25.5 Å². The lowest BCUT2D eigenvalue weighted by atomic mass is 10.1. The first-order chi connectivity index (χ1) is 23.1. The average molecular weight is 803 g/mol. The van der Waals surface area contributed by atoms with E-state index >= 15 is 0 Å². The molecule has 4 N–H and O–H groups in total. The number of H-pyrrole nitrogens is 2. The zero-order valence-electron chi connectivity index (χ0n) is 26.7. The van der Waals surface area contributed by atoms with E-state index in [2.05, 4.69) is 30.6 Å². The fourth-order valence-corrected chi connectivity index (χ4v) is 5.59. The van der Waals surface area contributed by atoms with Gasteiger partial charge in [-0.2, -0.15) is 0 Å². The molecule has 0 aliphatic heterocycles. The molecule has 288 valence electrons. The lowest BCUT2D eigenvalue weighted by Gasteiger charge is -2.40. The van der Waals surface area contributed by atoms with Gasteiger partial charge < -0.3 is 20.6 Å². The molecule has 2 heterocycles. The summed E-state index contributed by atoms with van der Waals surface area (Å²) in [5.41, 5.74) is -2.68. The SMILES string of the molecule is Cc1nc(C(=O)N[C@@H](C)c2ccc(S(F)(F)(F)(F)F)cc2F)cc(=O)[nH]1.Cc1nc(C(=O)N[C@H](C)c2ccc(S(F)(F)(F)(F)F)cc2F)cc(=O)[nH]1. The monoisotopic (exact) mass is 802 g/mol. The maximum absolute atomic E-state index is 13.9. The molecule has 0 aliphatic rings. The number of hydrogen-bond donors (Lipinski definition) is 4. The van der Waals surface area contributed by atoms with Crippen molar-refractivity contribution in [2.24, 2.45) is 0 Å². The third-order valence-corrected chi connectivity index (χ3v) is 8.94. The van der Waals surface area contributed by atoms with Gasteiger partial charge >= 0.3 is 20.4 Å². The van der Waals surface area contributed by atoms with E-state index in [1.165, 1.54) is 27.7 Å². The van der Waals surface area contributed by atoms with Gasteiger partial charge in [-0.15, -0.1) is 0 Å². The van der Waals surface area contributed by atoms with Crippen LogP contribution in [-0.2, 0) is 0 Å². The van der Waals surface area contributed by atoms with Crippen LogP contribution in [-0.4, -0.2) is 31.8 Å². The molecule has 2 atom stereocenters. The standard InChI is InChI=1S/2C14H13F6N3O2S/c2*1-7(21-14(25)12-6-13(24)23-8(2)22-12)10-4-3-9(5-11(10)15)26(16,17,18,19)20/h2*3-7H,1-2H3,(H,21,25)(H,22,23,24)/t2*7-/m10/s1. The van der Waals surface area contributed by atoms with Crippen molar-refractivity contribution in [3.63, 3.8) is 0 Å². The molecule has 0 saturated carbocycles. The number of nitrogens with zero attached hydrogens (tertiary/aromatic N) is 2. The quantitative estimate of drug-likeness (QED) is 0.131. The number of halogens is 12. The van der Waals surface area contributed by atoms with Crippen LogP contribution in [0.3, 0.4) is 0 Å². The van der Waals surface area contributed by atoms with Gasteiger partial charge in [-0.3, -0.25) is 19.2 Å². The molecule has 0 spiro atoms. The van der Waals surface area contributed by atoms with E-state index in [1.807, 2.05) is 0 Å². The molecule has 2 aromatic heterocycles. The Kier molecular flexibility index (Phi) is 9.80. The van der Waals surface area contributed by atoms with E-state index in [0.717, 1.165) is 12.1 Å². The van der Waals surface area contributed by atoms with Crippen molar-refractivity contribution in [3.05, 3.63) is 115 Å². The number of amides is 2. The Labute approximate surface area is 284 Å². The van der Waals surface area contributed by atoms with E-state index < -0.39 is 88.0 Å². The topological polar surface area (TPSA) is 150 Å². The number of nitrogens with one attached hydrogen (secondary N) is 4. The first-order valence-corrected chi connectivity index (χ1v) is 17.9. The molecule has 2 aromatic carbocycles. The molecule has 0 saturated heterocycles. The minimum atomic E-state index is -10.0. The van der Waals surface area contributed by atoms with E-state index in [4.69, 9.17) is 0 Å². The van der Waals surface area contributed by atoms with Crippen LogP contribution in [0.1, 0.15) is 69.7 Å². The van der Waals surface area contributed by atoms with Gasteiger partial charge in [-0.1, -0.05) is 51.0 Å². The first-order valence-electron chi connectivity index (χ1n) is 14.0. The summed E-state index contributed by atoms with van der Waals surface area (Å²) in [6.45, 7) is 5.30. The first kappa shape index (κ1) is 41.4.